The highest BCUT2D eigenvalue weighted by Gasteiger charge is 2.21. The number of carbonyl (C=O) groups is 1. The molecule has 0 bridgehead atoms. The van der Waals surface area contributed by atoms with Crippen molar-refractivity contribution in [2.24, 2.45) is 0 Å². The first-order valence-electron chi connectivity index (χ1n) is 7.08. The molecule has 1 aromatic rings. The second-order valence-electron chi connectivity index (χ2n) is 5.09. The van der Waals surface area contributed by atoms with Crippen LogP contribution in [0.1, 0.15) is 53.5 Å². The fourth-order valence-electron chi connectivity index (χ4n) is 1.88. The molecule has 0 aliphatic rings. The van der Waals surface area contributed by atoms with E-state index in [-0.39, 0.29) is 23.2 Å². The number of nitrogen functional groups attached to an aromatic ring is 1. The topological polar surface area (TPSA) is 85.8 Å². The van der Waals surface area contributed by atoms with Gasteiger partial charge in [-0.3, -0.25) is 9.36 Å². The molecule has 6 nitrogen and oxygen atoms in total. The Morgan fingerprint density at radius 3 is 2.40 bits per heavy atom. The Labute approximate surface area is 124 Å². The summed E-state index contributed by atoms with van der Waals surface area (Å²) in [5.41, 5.74) is 5.79. The van der Waals surface area contributed by atoms with E-state index in [2.05, 4.69) is 29.4 Å². The average Bonchev–Trinajstić information content (AvgIpc) is 2.76. The largest absolute Gasteiger partial charge is 0.368 e. The Balaban J connectivity index is 2.71. The molecule has 0 saturated heterocycles. The smallest absolute Gasteiger partial charge is 0.233 e. The minimum Gasteiger partial charge on any atom is -0.368 e. The summed E-state index contributed by atoms with van der Waals surface area (Å²) in [6.45, 7) is 10.0. The Morgan fingerprint density at radius 1 is 1.30 bits per heavy atom. The lowest BCUT2D eigenvalue weighted by molar-refractivity contribution is -0.121. The van der Waals surface area contributed by atoms with Crippen molar-refractivity contribution in [1.82, 2.24) is 20.1 Å². The Kier molecular flexibility index (Phi) is 6.32. The third-order valence-electron chi connectivity index (χ3n) is 3.19. The molecular formula is C13H25N5OS. The van der Waals surface area contributed by atoms with Crippen molar-refractivity contribution in [1.29, 1.82) is 0 Å². The van der Waals surface area contributed by atoms with E-state index in [9.17, 15) is 4.79 Å². The van der Waals surface area contributed by atoms with Gasteiger partial charge < -0.3 is 11.1 Å². The number of hydrogen-bond acceptors (Lipinski definition) is 5. The first-order chi connectivity index (χ1) is 9.40. The van der Waals surface area contributed by atoms with Gasteiger partial charge in [-0.2, -0.15) is 0 Å². The van der Waals surface area contributed by atoms with Gasteiger partial charge in [0.05, 0.1) is 5.25 Å². The van der Waals surface area contributed by atoms with Crippen molar-refractivity contribution in [2.45, 2.75) is 70.0 Å². The molecule has 114 valence electrons. The van der Waals surface area contributed by atoms with Crippen LogP contribution in [0, 0.1) is 0 Å². The predicted octanol–water partition coefficient (Wildman–Crippen LogP) is 2.23. The van der Waals surface area contributed by atoms with E-state index in [4.69, 9.17) is 5.73 Å². The Morgan fingerprint density at radius 2 is 1.90 bits per heavy atom. The SMILES string of the molecule is CCC(CC)NC(=O)C(C)Sc1nnc(N)n1C(C)C. The van der Waals surface area contributed by atoms with Crippen molar-refractivity contribution >= 4 is 23.6 Å². The minimum atomic E-state index is -0.225. The van der Waals surface area contributed by atoms with Crippen LogP contribution in [0.4, 0.5) is 5.95 Å². The van der Waals surface area contributed by atoms with Crippen LogP contribution in [0.5, 0.6) is 0 Å². The molecule has 3 N–H and O–H groups in total. The van der Waals surface area contributed by atoms with Crippen LogP contribution in [0.2, 0.25) is 0 Å². The maximum absolute atomic E-state index is 12.1. The number of hydrogen-bond donors (Lipinski definition) is 2. The van der Waals surface area contributed by atoms with E-state index >= 15 is 0 Å². The fraction of sp³-hybridized carbons (Fsp3) is 0.769. The van der Waals surface area contributed by atoms with Crippen molar-refractivity contribution in [3.8, 4) is 0 Å². The minimum absolute atomic E-state index is 0.0283. The molecule has 20 heavy (non-hydrogen) atoms. The summed E-state index contributed by atoms with van der Waals surface area (Å²) in [7, 11) is 0. The summed E-state index contributed by atoms with van der Waals surface area (Å²) in [6.07, 6.45) is 1.88. The molecular weight excluding hydrogens is 274 g/mol. The maximum atomic E-state index is 12.1. The van der Waals surface area contributed by atoms with Crippen LogP contribution >= 0.6 is 11.8 Å². The molecule has 0 radical (unpaired) electrons. The summed E-state index contributed by atoms with van der Waals surface area (Å²) in [4.78, 5) is 12.1. The summed E-state index contributed by atoms with van der Waals surface area (Å²) in [5, 5.41) is 11.4. The maximum Gasteiger partial charge on any atom is 0.233 e. The van der Waals surface area contributed by atoms with Crippen LogP contribution in [-0.4, -0.2) is 32.0 Å². The number of nitrogens with one attached hydrogen (secondary N) is 1. The van der Waals surface area contributed by atoms with Crippen molar-refractivity contribution in [2.75, 3.05) is 5.73 Å². The van der Waals surface area contributed by atoms with Gasteiger partial charge in [0.2, 0.25) is 11.9 Å². The first-order valence-corrected chi connectivity index (χ1v) is 7.96. The highest BCUT2D eigenvalue weighted by atomic mass is 32.2. The number of carbonyl (C=O) groups excluding carboxylic acids is 1. The van der Waals surface area contributed by atoms with Gasteiger partial charge in [-0.15, -0.1) is 10.2 Å². The number of thioether (sulfide) groups is 1. The van der Waals surface area contributed by atoms with Gasteiger partial charge in [0.25, 0.3) is 0 Å². The molecule has 1 rings (SSSR count). The Hall–Kier alpha value is -1.24. The lowest BCUT2D eigenvalue weighted by Crippen LogP contribution is -2.38. The molecule has 0 saturated carbocycles. The number of amides is 1. The molecule has 1 heterocycles. The summed E-state index contributed by atoms with van der Waals surface area (Å²) >= 11 is 1.39. The van der Waals surface area contributed by atoms with Gasteiger partial charge in [-0.25, -0.2) is 0 Å². The molecule has 7 heteroatoms. The average molecular weight is 299 g/mol. The molecule has 1 amide bonds. The van der Waals surface area contributed by atoms with Crippen LogP contribution in [0.25, 0.3) is 0 Å². The van der Waals surface area contributed by atoms with E-state index < -0.39 is 0 Å². The highest BCUT2D eigenvalue weighted by Crippen LogP contribution is 2.26. The second kappa shape index (κ2) is 7.52. The van der Waals surface area contributed by atoms with Crippen LogP contribution in [0.3, 0.4) is 0 Å². The van der Waals surface area contributed by atoms with Gasteiger partial charge in [-0.05, 0) is 33.6 Å². The summed E-state index contributed by atoms with van der Waals surface area (Å²) in [5.74, 6) is 0.413. The van der Waals surface area contributed by atoms with Gasteiger partial charge in [0.1, 0.15) is 0 Å². The molecule has 0 aromatic carbocycles. The van der Waals surface area contributed by atoms with Crippen molar-refractivity contribution < 1.29 is 4.79 Å². The van der Waals surface area contributed by atoms with E-state index in [1.54, 1.807) is 0 Å². The first kappa shape index (κ1) is 16.8. The molecule has 0 aliphatic carbocycles. The predicted molar refractivity (Wildman–Crippen MR) is 82.7 cm³/mol. The fourth-order valence-corrected chi connectivity index (χ4v) is 2.87. The lowest BCUT2D eigenvalue weighted by atomic mass is 10.2. The summed E-state index contributed by atoms with van der Waals surface area (Å²) < 4.78 is 1.84. The number of nitrogens with two attached hydrogens (primary N) is 1. The van der Waals surface area contributed by atoms with E-state index in [0.717, 1.165) is 12.8 Å². The van der Waals surface area contributed by atoms with Gasteiger partial charge in [0, 0.05) is 12.1 Å². The van der Waals surface area contributed by atoms with Gasteiger partial charge in [-0.1, -0.05) is 25.6 Å². The standard InChI is InChI=1S/C13H25N5OS/c1-6-10(7-2)15-11(19)9(5)20-13-17-16-12(14)18(13)8(3)4/h8-10H,6-7H2,1-5H3,(H2,14,16)(H,15,19). The van der Waals surface area contributed by atoms with E-state index in [1.165, 1.54) is 11.8 Å². The molecule has 0 spiro atoms. The highest BCUT2D eigenvalue weighted by molar-refractivity contribution is 8.00. The van der Waals surface area contributed by atoms with Crippen LogP contribution < -0.4 is 11.1 Å². The van der Waals surface area contributed by atoms with Crippen LogP contribution in [-0.2, 0) is 4.79 Å². The second-order valence-corrected chi connectivity index (χ2v) is 6.39. The van der Waals surface area contributed by atoms with Gasteiger partial charge in [0.15, 0.2) is 5.16 Å². The zero-order chi connectivity index (χ0) is 15.3. The Bertz CT molecular complexity index is 442. The number of anilines is 1. The lowest BCUT2D eigenvalue weighted by Gasteiger charge is -2.18. The number of nitrogens with zero attached hydrogens (tertiary/aromatic N) is 3. The van der Waals surface area contributed by atoms with Crippen LogP contribution in [0.15, 0.2) is 5.16 Å². The van der Waals surface area contributed by atoms with E-state index in [0.29, 0.717) is 11.1 Å². The molecule has 1 atom stereocenters. The van der Waals surface area contributed by atoms with Crippen molar-refractivity contribution in [3.63, 3.8) is 0 Å². The zero-order valence-corrected chi connectivity index (χ0v) is 13.7. The number of rotatable bonds is 7. The number of aromatic nitrogens is 3. The monoisotopic (exact) mass is 299 g/mol. The third-order valence-corrected chi connectivity index (χ3v) is 4.25. The summed E-state index contributed by atoms with van der Waals surface area (Å²) in [6, 6.07) is 0.403. The quantitative estimate of drug-likeness (QED) is 0.754. The molecule has 1 aromatic heterocycles. The molecule has 1 unspecified atom stereocenters. The van der Waals surface area contributed by atoms with Gasteiger partial charge >= 0.3 is 0 Å². The van der Waals surface area contributed by atoms with Crippen molar-refractivity contribution in [3.05, 3.63) is 0 Å². The molecule has 0 fully saturated rings. The van der Waals surface area contributed by atoms with E-state index in [1.807, 2.05) is 25.3 Å². The zero-order valence-electron chi connectivity index (χ0n) is 12.9. The normalized spacial score (nSPS) is 12.9. The molecule has 0 aliphatic heterocycles. The third kappa shape index (κ3) is 4.13.